The molecule has 0 fully saturated rings. The van der Waals surface area contributed by atoms with E-state index in [1.807, 2.05) is 20.8 Å². The van der Waals surface area contributed by atoms with Gasteiger partial charge in [0.25, 0.3) is 5.95 Å². The van der Waals surface area contributed by atoms with Crippen LogP contribution in [0.2, 0.25) is 19.6 Å². The summed E-state index contributed by atoms with van der Waals surface area (Å²) in [6.07, 6.45) is 2.23. The van der Waals surface area contributed by atoms with Gasteiger partial charge >= 0.3 is 5.97 Å². The molecule has 0 saturated carbocycles. The van der Waals surface area contributed by atoms with Gasteiger partial charge in [-0.3, -0.25) is 0 Å². The molecule has 0 aliphatic carbocycles. The fourth-order valence-electron chi connectivity index (χ4n) is 1.30. The van der Waals surface area contributed by atoms with E-state index in [0.717, 1.165) is 12.8 Å². The Morgan fingerprint density at radius 3 is 1.89 bits per heavy atom. The summed E-state index contributed by atoms with van der Waals surface area (Å²) < 4.78 is 16.7. The fraction of sp³-hybridized carbons (Fsp3) is 0.786. The van der Waals surface area contributed by atoms with Crippen LogP contribution in [-0.2, 0) is 18.7 Å². The largest absolute Gasteiger partial charge is 0.519 e. The van der Waals surface area contributed by atoms with Crippen LogP contribution in [0.25, 0.3) is 0 Å². The third-order valence-corrected chi connectivity index (χ3v) is 2.92. The lowest BCUT2D eigenvalue weighted by atomic mass is 10.2. The Labute approximate surface area is 118 Å². The Balaban J connectivity index is 5.06. The molecule has 0 spiro atoms. The Hall–Kier alpha value is -0.973. The third-order valence-electron chi connectivity index (χ3n) is 2.12. The van der Waals surface area contributed by atoms with E-state index in [2.05, 4.69) is 19.6 Å². The molecule has 0 N–H and O–H groups in total. The summed E-state index contributed by atoms with van der Waals surface area (Å²) in [7, 11) is -1.82. The highest BCUT2D eigenvalue weighted by Crippen LogP contribution is 2.19. The first kappa shape index (κ1) is 18.0. The van der Waals surface area contributed by atoms with Gasteiger partial charge in [-0.05, 0) is 38.9 Å². The van der Waals surface area contributed by atoms with Gasteiger partial charge < -0.3 is 13.9 Å². The van der Waals surface area contributed by atoms with Gasteiger partial charge in [0.05, 0.1) is 13.2 Å². The fourth-order valence-corrected chi connectivity index (χ4v) is 2.04. The zero-order valence-electron chi connectivity index (χ0n) is 13.2. The van der Waals surface area contributed by atoms with E-state index >= 15 is 0 Å². The summed E-state index contributed by atoms with van der Waals surface area (Å²) in [6.45, 7) is 13.1. The topological polar surface area (TPSA) is 44.8 Å². The van der Waals surface area contributed by atoms with Crippen molar-refractivity contribution in [3.8, 4) is 0 Å². The van der Waals surface area contributed by atoms with Gasteiger partial charge in [-0.25, -0.2) is 4.79 Å². The first-order valence-corrected chi connectivity index (χ1v) is 10.5. The van der Waals surface area contributed by atoms with Crippen molar-refractivity contribution >= 4 is 14.3 Å². The normalized spacial score (nSPS) is 12.7. The number of ether oxygens (including phenoxy) is 2. The molecule has 0 saturated heterocycles. The summed E-state index contributed by atoms with van der Waals surface area (Å²) in [5, 5.41) is 0. The van der Waals surface area contributed by atoms with Gasteiger partial charge in [-0.1, -0.05) is 20.8 Å². The maximum atomic E-state index is 12.0. The molecule has 0 atom stereocenters. The molecule has 19 heavy (non-hydrogen) atoms. The molecule has 0 aromatic heterocycles. The quantitative estimate of drug-likeness (QED) is 0.280. The van der Waals surface area contributed by atoms with Crippen molar-refractivity contribution in [3.05, 3.63) is 11.5 Å². The standard InChI is InChI=1S/C14H28O4Si/c1-7-10-16-13(15)12(9-3)14(17-11-8-2)18-19(4,5)6/h7-11H2,1-6H3/b14-12+. The Morgan fingerprint density at radius 2 is 1.47 bits per heavy atom. The second kappa shape index (κ2) is 9.01. The molecule has 0 rings (SSSR count). The summed E-state index contributed by atoms with van der Waals surface area (Å²) in [4.78, 5) is 12.0. The molecule has 0 heterocycles. The Kier molecular flexibility index (Phi) is 8.55. The van der Waals surface area contributed by atoms with Crippen LogP contribution in [0.1, 0.15) is 40.0 Å². The highest BCUT2D eigenvalue weighted by molar-refractivity contribution is 6.70. The SMILES string of the molecule is CCCOC(=O)/C(CC)=C(\OCCC)O[Si](C)(C)C. The molecule has 0 aliphatic heterocycles. The van der Waals surface area contributed by atoms with E-state index in [4.69, 9.17) is 13.9 Å². The second-order valence-electron chi connectivity index (χ2n) is 5.32. The van der Waals surface area contributed by atoms with Crippen molar-refractivity contribution in [1.82, 2.24) is 0 Å². The van der Waals surface area contributed by atoms with Gasteiger partial charge in [0, 0.05) is 0 Å². The number of hydrogen-bond donors (Lipinski definition) is 0. The minimum Gasteiger partial charge on any atom is -0.519 e. The van der Waals surface area contributed by atoms with Gasteiger partial charge in [-0.2, -0.15) is 0 Å². The first-order chi connectivity index (χ1) is 8.85. The van der Waals surface area contributed by atoms with Crippen molar-refractivity contribution in [2.45, 2.75) is 59.7 Å². The van der Waals surface area contributed by atoms with Crippen molar-refractivity contribution < 1.29 is 18.7 Å². The lowest BCUT2D eigenvalue weighted by Crippen LogP contribution is -2.27. The predicted octanol–water partition coefficient (Wildman–Crippen LogP) is 3.84. The highest BCUT2D eigenvalue weighted by atomic mass is 28.4. The van der Waals surface area contributed by atoms with Crippen LogP contribution in [0.3, 0.4) is 0 Å². The van der Waals surface area contributed by atoms with Gasteiger partial charge in [0.15, 0.2) is 0 Å². The van der Waals surface area contributed by atoms with Crippen molar-refractivity contribution in [2.75, 3.05) is 13.2 Å². The van der Waals surface area contributed by atoms with Crippen LogP contribution in [-0.4, -0.2) is 27.5 Å². The maximum absolute atomic E-state index is 12.0. The number of rotatable bonds is 9. The molecule has 0 aromatic carbocycles. The van der Waals surface area contributed by atoms with E-state index in [1.165, 1.54) is 0 Å². The lowest BCUT2D eigenvalue weighted by molar-refractivity contribution is -0.139. The number of carbonyl (C=O) groups excluding carboxylic acids is 1. The number of esters is 1. The molecule has 4 nitrogen and oxygen atoms in total. The molecule has 0 aliphatic rings. The Bertz CT molecular complexity index is 305. The molecule has 0 radical (unpaired) electrons. The van der Waals surface area contributed by atoms with E-state index < -0.39 is 8.32 Å². The molecular weight excluding hydrogens is 260 g/mol. The third kappa shape index (κ3) is 7.92. The van der Waals surface area contributed by atoms with E-state index in [1.54, 1.807) is 0 Å². The Morgan fingerprint density at radius 1 is 0.947 bits per heavy atom. The number of hydrogen-bond acceptors (Lipinski definition) is 4. The van der Waals surface area contributed by atoms with Gasteiger partial charge in [0.1, 0.15) is 5.57 Å². The summed E-state index contributed by atoms with van der Waals surface area (Å²) in [5.74, 6) is 0.0401. The van der Waals surface area contributed by atoms with Crippen LogP contribution in [0, 0.1) is 0 Å². The van der Waals surface area contributed by atoms with Crippen LogP contribution < -0.4 is 0 Å². The average molecular weight is 288 g/mol. The molecule has 0 aromatic rings. The van der Waals surface area contributed by atoms with Crippen LogP contribution in [0.15, 0.2) is 11.5 Å². The van der Waals surface area contributed by atoms with Crippen molar-refractivity contribution in [1.29, 1.82) is 0 Å². The van der Waals surface area contributed by atoms with Crippen molar-refractivity contribution in [3.63, 3.8) is 0 Å². The zero-order chi connectivity index (χ0) is 14.9. The van der Waals surface area contributed by atoms with Gasteiger partial charge in [-0.15, -0.1) is 0 Å². The smallest absolute Gasteiger partial charge is 0.341 e. The van der Waals surface area contributed by atoms with E-state index in [9.17, 15) is 4.79 Å². The predicted molar refractivity (Wildman–Crippen MR) is 79.2 cm³/mol. The maximum Gasteiger partial charge on any atom is 0.341 e. The minimum atomic E-state index is -1.82. The molecular formula is C14H28O4Si. The summed E-state index contributed by atoms with van der Waals surface area (Å²) in [6, 6.07) is 0. The van der Waals surface area contributed by atoms with Gasteiger partial charge in [0.2, 0.25) is 8.32 Å². The molecule has 0 bridgehead atoms. The first-order valence-electron chi connectivity index (χ1n) is 7.07. The summed E-state index contributed by atoms with van der Waals surface area (Å²) in [5.41, 5.74) is 0.504. The molecule has 0 unspecified atom stereocenters. The minimum absolute atomic E-state index is 0.325. The monoisotopic (exact) mass is 288 g/mol. The molecule has 112 valence electrons. The lowest BCUT2D eigenvalue weighted by Gasteiger charge is -2.23. The van der Waals surface area contributed by atoms with E-state index in [0.29, 0.717) is 31.2 Å². The van der Waals surface area contributed by atoms with Crippen LogP contribution in [0.5, 0.6) is 0 Å². The van der Waals surface area contributed by atoms with E-state index in [-0.39, 0.29) is 5.97 Å². The summed E-state index contributed by atoms with van der Waals surface area (Å²) >= 11 is 0. The average Bonchev–Trinajstić information content (AvgIpc) is 2.32. The molecule has 5 heteroatoms. The molecule has 0 amide bonds. The highest BCUT2D eigenvalue weighted by Gasteiger charge is 2.24. The van der Waals surface area contributed by atoms with Crippen LogP contribution in [0.4, 0.5) is 0 Å². The number of carbonyl (C=O) groups is 1. The van der Waals surface area contributed by atoms with Crippen molar-refractivity contribution in [2.24, 2.45) is 0 Å². The van der Waals surface area contributed by atoms with Crippen LogP contribution >= 0.6 is 0 Å². The second-order valence-corrected chi connectivity index (χ2v) is 9.75. The zero-order valence-corrected chi connectivity index (χ0v) is 14.2.